The number of unbranched alkanes of at least 4 members (excludes halogenated alkanes) is 1. The van der Waals surface area contributed by atoms with Crippen LogP contribution in [-0.4, -0.2) is 30.7 Å². The van der Waals surface area contributed by atoms with Gasteiger partial charge < -0.3 is 0 Å². The van der Waals surface area contributed by atoms with Crippen LogP contribution in [0.4, 0.5) is 13.2 Å². The Kier molecular flexibility index (Phi) is 5.77. The smallest absolute Gasteiger partial charge is 0.295 e. The van der Waals surface area contributed by atoms with E-state index >= 15 is 0 Å². The van der Waals surface area contributed by atoms with Gasteiger partial charge in [0.15, 0.2) is 0 Å². The zero-order valence-corrected chi connectivity index (χ0v) is 10.9. The molecule has 0 aromatic carbocycles. The minimum atomic E-state index is -4.06. The molecule has 1 aliphatic carbocycles. The number of hydrogen-bond donors (Lipinski definition) is 0. The van der Waals surface area contributed by atoms with E-state index in [1.54, 1.807) is 7.05 Å². The molecule has 0 amide bonds. The van der Waals surface area contributed by atoms with Crippen LogP contribution in [-0.2, 0) is 0 Å². The molecule has 17 heavy (non-hydrogen) atoms. The molecule has 0 saturated heterocycles. The molecule has 1 fully saturated rings. The number of alkyl halides is 3. The largest absolute Gasteiger partial charge is 0.401 e. The van der Waals surface area contributed by atoms with Crippen molar-refractivity contribution in [2.75, 3.05) is 13.6 Å². The first kappa shape index (κ1) is 14.8. The van der Waals surface area contributed by atoms with Gasteiger partial charge in [-0.1, -0.05) is 26.2 Å². The Labute approximate surface area is 102 Å². The van der Waals surface area contributed by atoms with Gasteiger partial charge in [-0.3, -0.25) is 4.90 Å². The summed E-state index contributed by atoms with van der Waals surface area (Å²) in [7, 11) is 1.60. The standard InChI is InChI=1S/C13H24F3N/c1-3-4-5-11-6-8-12(9-7-11)17(2)10-13(14,15)16/h11-12H,3-10H2,1-2H3. The minimum absolute atomic E-state index is 0.134. The third-order valence-electron chi connectivity index (χ3n) is 3.83. The third kappa shape index (κ3) is 5.75. The van der Waals surface area contributed by atoms with Gasteiger partial charge in [0.2, 0.25) is 0 Å². The summed E-state index contributed by atoms with van der Waals surface area (Å²) in [5.74, 6) is 0.755. The predicted molar refractivity (Wildman–Crippen MR) is 64.0 cm³/mol. The molecule has 0 aliphatic heterocycles. The summed E-state index contributed by atoms with van der Waals surface area (Å²) in [4.78, 5) is 1.48. The van der Waals surface area contributed by atoms with Crippen LogP contribution >= 0.6 is 0 Å². The number of halogens is 3. The molecule has 1 nitrogen and oxygen atoms in total. The fourth-order valence-electron chi connectivity index (χ4n) is 2.78. The summed E-state index contributed by atoms with van der Waals surface area (Å²) in [5, 5.41) is 0. The molecule has 0 aromatic rings. The van der Waals surface area contributed by atoms with Gasteiger partial charge in [-0.2, -0.15) is 13.2 Å². The van der Waals surface area contributed by atoms with E-state index in [9.17, 15) is 13.2 Å². The maximum Gasteiger partial charge on any atom is 0.401 e. The van der Waals surface area contributed by atoms with Crippen LogP contribution in [0.15, 0.2) is 0 Å². The van der Waals surface area contributed by atoms with Gasteiger partial charge in [0, 0.05) is 6.04 Å². The van der Waals surface area contributed by atoms with Gasteiger partial charge in [0.1, 0.15) is 0 Å². The first-order chi connectivity index (χ1) is 7.92. The van der Waals surface area contributed by atoms with Crippen LogP contribution in [0.3, 0.4) is 0 Å². The second kappa shape index (κ2) is 6.62. The van der Waals surface area contributed by atoms with Gasteiger partial charge in [0.25, 0.3) is 0 Å². The normalized spacial score (nSPS) is 26.5. The van der Waals surface area contributed by atoms with Gasteiger partial charge >= 0.3 is 6.18 Å². The summed E-state index contributed by atoms with van der Waals surface area (Å²) >= 11 is 0. The third-order valence-corrected chi connectivity index (χ3v) is 3.83. The second-order valence-electron chi connectivity index (χ2n) is 5.35. The lowest BCUT2D eigenvalue weighted by molar-refractivity contribution is -0.148. The summed E-state index contributed by atoms with van der Waals surface area (Å²) < 4.78 is 36.8. The topological polar surface area (TPSA) is 3.24 Å². The van der Waals surface area contributed by atoms with Gasteiger partial charge in [-0.15, -0.1) is 0 Å². The molecule has 4 heteroatoms. The molecule has 0 aromatic heterocycles. The molecule has 102 valence electrons. The van der Waals surface area contributed by atoms with Gasteiger partial charge in [-0.25, -0.2) is 0 Å². The van der Waals surface area contributed by atoms with Crippen LogP contribution in [0.5, 0.6) is 0 Å². The zero-order chi connectivity index (χ0) is 12.9. The highest BCUT2D eigenvalue weighted by molar-refractivity contribution is 4.79. The van der Waals surface area contributed by atoms with Crippen LogP contribution in [0.2, 0.25) is 0 Å². The van der Waals surface area contributed by atoms with Crippen molar-refractivity contribution < 1.29 is 13.2 Å². The number of rotatable bonds is 5. The predicted octanol–water partition coefficient (Wildman–Crippen LogP) is 4.23. The molecule has 1 saturated carbocycles. The lowest BCUT2D eigenvalue weighted by Gasteiger charge is -2.35. The minimum Gasteiger partial charge on any atom is -0.295 e. The van der Waals surface area contributed by atoms with Crippen molar-refractivity contribution in [2.24, 2.45) is 5.92 Å². The quantitative estimate of drug-likeness (QED) is 0.706. The van der Waals surface area contributed by atoms with E-state index < -0.39 is 12.7 Å². The molecule has 0 radical (unpaired) electrons. The Bertz CT molecular complexity index is 207. The molecule has 0 bridgehead atoms. The van der Waals surface area contributed by atoms with Crippen molar-refractivity contribution in [3.63, 3.8) is 0 Å². The van der Waals surface area contributed by atoms with Crippen LogP contribution in [0, 0.1) is 5.92 Å². The van der Waals surface area contributed by atoms with E-state index in [0.29, 0.717) is 0 Å². The summed E-state index contributed by atoms with van der Waals surface area (Å²) in [6.45, 7) is 1.42. The van der Waals surface area contributed by atoms with E-state index in [0.717, 1.165) is 31.6 Å². The van der Waals surface area contributed by atoms with Gasteiger partial charge in [-0.05, 0) is 38.6 Å². The Balaban J connectivity index is 2.26. The fraction of sp³-hybridized carbons (Fsp3) is 1.00. The molecular formula is C13H24F3N. The fourth-order valence-corrected chi connectivity index (χ4v) is 2.78. The zero-order valence-electron chi connectivity index (χ0n) is 10.9. The maximum absolute atomic E-state index is 12.3. The number of hydrogen-bond acceptors (Lipinski definition) is 1. The van der Waals surface area contributed by atoms with Crippen molar-refractivity contribution in [1.82, 2.24) is 4.90 Å². The Morgan fingerprint density at radius 3 is 2.18 bits per heavy atom. The number of nitrogens with zero attached hydrogens (tertiary/aromatic N) is 1. The maximum atomic E-state index is 12.3. The Morgan fingerprint density at radius 1 is 1.12 bits per heavy atom. The summed E-state index contributed by atoms with van der Waals surface area (Å²) in [6, 6.07) is 0.134. The highest BCUT2D eigenvalue weighted by Gasteiger charge is 2.33. The first-order valence-corrected chi connectivity index (χ1v) is 6.69. The van der Waals surface area contributed by atoms with Crippen molar-refractivity contribution >= 4 is 0 Å². The molecule has 0 spiro atoms. The van der Waals surface area contributed by atoms with Crippen molar-refractivity contribution in [3.05, 3.63) is 0 Å². The van der Waals surface area contributed by atoms with Gasteiger partial charge in [0.05, 0.1) is 6.54 Å². The van der Waals surface area contributed by atoms with Crippen LogP contribution < -0.4 is 0 Å². The lowest BCUT2D eigenvalue weighted by Crippen LogP contribution is -2.40. The Hall–Kier alpha value is -0.250. The molecular weight excluding hydrogens is 227 g/mol. The molecule has 1 rings (SSSR count). The molecule has 1 aliphatic rings. The highest BCUT2D eigenvalue weighted by atomic mass is 19.4. The van der Waals surface area contributed by atoms with E-state index in [-0.39, 0.29) is 6.04 Å². The SMILES string of the molecule is CCCCC1CCC(N(C)CC(F)(F)F)CC1. The monoisotopic (exact) mass is 251 g/mol. The average molecular weight is 251 g/mol. The molecule has 0 atom stereocenters. The molecule has 0 unspecified atom stereocenters. The van der Waals surface area contributed by atoms with Crippen molar-refractivity contribution in [3.8, 4) is 0 Å². The van der Waals surface area contributed by atoms with E-state index in [4.69, 9.17) is 0 Å². The summed E-state index contributed by atoms with van der Waals surface area (Å²) in [6.07, 6.45) is 3.74. The van der Waals surface area contributed by atoms with E-state index in [1.807, 2.05) is 0 Å². The van der Waals surface area contributed by atoms with Crippen LogP contribution in [0.25, 0.3) is 0 Å². The van der Waals surface area contributed by atoms with Crippen molar-refractivity contribution in [2.45, 2.75) is 64.1 Å². The van der Waals surface area contributed by atoms with E-state index in [1.165, 1.54) is 24.2 Å². The van der Waals surface area contributed by atoms with E-state index in [2.05, 4.69) is 6.92 Å². The molecule has 0 N–H and O–H groups in total. The summed E-state index contributed by atoms with van der Waals surface area (Å²) in [5.41, 5.74) is 0. The Morgan fingerprint density at radius 2 is 1.71 bits per heavy atom. The lowest BCUT2D eigenvalue weighted by atomic mass is 9.82. The average Bonchev–Trinajstić information content (AvgIpc) is 2.24. The van der Waals surface area contributed by atoms with Crippen LogP contribution in [0.1, 0.15) is 51.9 Å². The van der Waals surface area contributed by atoms with Crippen molar-refractivity contribution in [1.29, 1.82) is 0 Å². The second-order valence-corrected chi connectivity index (χ2v) is 5.35. The highest BCUT2D eigenvalue weighted by Crippen LogP contribution is 2.31. The molecule has 0 heterocycles. The first-order valence-electron chi connectivity index (χ1n) is 6.69.